The van der Waals surface area contributed by atoms with Gasteiger partial charge < -0.3 is 43.8 Å². The van der Waals surface area contributed by atoms with Crippen molar-refractivity contribution in [2.75, 3.05) is 33.5 Å². The zero-order chi connectivity index (χ0) is 61.8. The zero-order valence-corrected chi connectivity index (χ0v) is 55.0. The molecule has 87 heavy (non-hydrogen) atoms. The number of hydrogen-bond acceptors (Lipinski definition) is 10. The van der Waals surface area contributed by atoms with Gasteiger partial charge in [0.15, 0.2) is 0 Å². The molecule has 0 aliphatic rings. The number of amides is 4. The number of hydrogen-bond donors (Lipinski definition) is 2. The number of fused-ring (bicyclic) bond motifs is 4. The lowest BCUT2D eigenvalue weighted by Gasteiger charge is -2.28. The number of aromatic nitrogens is 4. The highest BCUT2D eigenvalue weighted by Crippen LogP contribution is 2.34. The summed E-state index contributed by atoms with van der Waals surface area (Å²) in [6.45, 7) is 31.0. The van der Waals surface area contributed by atoms with Gasteiger partial charge in [-0.25, -0.2) is 29.1 Å². The molecule has 0 unspecified atom stereocenters. The molecule has 18 heteroatoms. The second-order valence-corrected chi connectivity index (χ2v) is 26.1. The Bertz CT molecular complexity index is 3740. The third kappa shape index (κ3) is 17.5. The highest BCUT2D eigenvalue weighted by molar-refractivity contribution is 5.97. The number of aryl methyl sites for hydroxylation is 4. The minimum absolute atomic E-state index is 0. The van der Waals surface area contributed by atoms with Crippen LogP contribution < -0.4 is 54.4 Å². The maximum absolute atomic E-state index is 14.3. The molecule has 4 amide bonds. The standard InChI is InChI=1S/C69H84N8O8.2ClH/c1-44-38-53-58(41-51(44)72-62(78)82-66(5,6)7)76(48-30-24-22-25-31-48)60-43-57(46(3)40-55(60)71-53)75(65(81)85-69(14,15)16)37-29-21-19-17-18-20-28-36-74(64(80)84-68(11,12)13)56-35-34-50-61(47(56)4)77(49-32-26-23-27-33-49)59-42-52(45(2)39-54(59)70-50)73-63(79)83-67(8,9)10;;/h22-27,30-35,38-43H,17-21,28-29,36-37H2,1-16H3;2*1H. The molecular formula is C69H86Cl2N8O8. The van der Waals surface area contributed by atoms with E-state index < -0.39 is 46.8 Å². The van der Waals surface area contributed by atoms with E-state index in [0.29, 0.717) is 24.5 Å². The van der Waals surface area contributed by atoms with Crippen molar-refractivity contribution in [1.82, 2.24) is 9.97 Å². The fourth-order valence-corrected chi connectivity index (χ4v) is 10.5. The summed E-state index contributed by atoms with van der Waals surface area (Å²) in [6, 6.07) is 35.8. The number of ether oxygens (including phenoxy) is 4. The van der Waals surface area contributed by atoms with Gasteiger partial charge in [0.1, 0.15) is 44.5 Å². The molecule has 0 bridgehead atoms. The summed E-state index contributed by atoms with van der Waals surface area (Å²) in [7, 11) is 0. The van der Waals surface area contributed by atoms with Gasteiger partial charge in [0, 0.05) is 61.1 Å². The Morgan fingerprint density at radius 3 is 1.23 bits per heavy atom. The van der Waals surface area contributed by atoms with E-state index in [4.69, 9.17) is 28.9 Å². The summed E-state index contributed by atoms with van der Waals surface area (Å²) >= 11 is 0. The highest BCUT2D eigenvalue weighted by atomic mass is 35.5. The third-order valence-electron chi connectivity index (χ3n) is 14.1. The van der Waals surface area contributed by atoms with E-state index in [1.165, 1.54) is 0 Å². The number of carbonyl (C=O) groups excluding carboxylic acids is 4. The molecule has 2 N–H and O–H groups in total. The van der Waals surface area contributed by atoms with Crippen molar-refractivity contribution in [3.63, 3.8) is 0 Å². The molecule has 0 fully saturated rings. The molecule has 2 aromatic heterocycles. The van der Waals surface area contributed by atoms with E-state index in [-0.39, 0.29) is 24.8 Å². The SMILES string of the molecule is Cc1cc2nc3cc(C)c(N(CCCCCCCCCN(C(=O)OC(C)(C)C)c4ccc5nc6cc(C)c(NC(=O)OC(C)(C)C)cc6[n+](-c6ccccc6)c5c4C)C(=O)OC(C)(C)C)cc3[n+](-c3ccccc3)c2cc1NC(=O)OC(C)(C)C.[Cl-].[Cl-]. The molecule has 464 valence electrons. The molecule has 8 aromatic rings. The van der Waals surface area contributed by atoms with Gasteiger partial charge in [-0.3, -0.25) is 20.4 Å². The first kappa shape index (κ1) is 68.3. The lowest BCUT2D eigenvalue weighted by molar-refractivity contribution is -0.538. The van der Waals surface area contributed by atoms with Gasteiger partial charge >= 0.3 is 24.4 Å². The van der Waals surface area contributed by atoms with Gasteiger partial charge in [0.25, 0.3) is 0 Å². The van der Waals surface area contributed by atoms with E-state index in [0.717, 1.165) is 134 Å². The van der Waals surface area contributed by atoms with E-state index in [1.807, 2.05) is 220 Å². The average Bonchev–Trinajstić information content (AvgIpc) is 1.09. The van der Waals surface area contributed by atoms with Crippen molar-refractivity contribution >= 4 is 91.3 Å². The Morgan fingerprint density at radius 1 is 0.425 bits per heavy atom. The molecule has 8 rings (SSSR count). The van der Waals surface area contributed by atoms with Crippen LogP contribution in [-0.2, 0) is 18.9 Å². The molecule has 0 aliphatic carbocycles. The summed E-state index contributed by atoms with van der Waals surface area (Å²) < 4.78 is 27.7. The van der Waals surface area contributed by atoms with E-state index in [1.54, 1.807) is 9.80 Å². The number of carbonyl (C=O) groups is 4. The molecule has 0 saturated carbocycles. The molecule has 2 heterocycles. The van der Waals surface area contributed by atoms with Crippen LogP contribution in [0.15, 0.2) is 109 Å². The fraction of sp³-hybridized carbons (Fsp3) is 0.420. The number of nitrogens with zero attached hydrogens (tertiary/aromatic N) is 6. The van der Waals surface area contributed by atoms with Gasteiger partial charge in [-0.15, -0.1) is 9.13 Å². The van der Waals surface area contributed by atoms with Crippen LogP contribution in [-0.4, -0.2) is 69.8 Å². The smallest absolute Gasteiger partial charge is 0.414 e. The number of nitrogens with one attached hydrogen (secondary N) is 2. The van der Waals surface area contributed by atoms with Crippen LogP contribution in [0.2, 0.25) is 0 Å². The lowest BCUT2D eigenvalue weighted by atomic mass is 10.1. The molecular weight excluding hydrogens is 1140 g/mol. The van der Waals surface area contributed by atoms with Crippen LogP contribution in [0.1, 0.15) is 150 Å². The van der Waals surface area contributed by atoms with E-state index >= 15 is 0 Å². The van der Waals surface area contributed by atoms with Crippen molar-refractivity contribution < 1.29 is 72.1 Å². The Labute approximate surface area is 525 Å². The number of para-hydroxylation sites is 2. The summed E-state index contributed by atoms with van der Waals surface area (Å²) in [6.07, 6.45) is 4.18. The van der Waals surface area contributed by atoms with Crippen molar-refractivity contribution in [3.05, 3.63) is 131 Å². The summed E-state index contributed by atoms with van der Waals surface area (Å²) in [5.74, 6) is 0. The normalized spacial score (nSPS) is 11.9. The van der Waals surface area contributed by atoms with E-state index in [2.05, 4.69) is 19.8 Å². The molecule has 0 saturated heterocycles. The number of anilines is 4. The molecule has 16 nitrogen and oxygen atoms in total. The molecule has 6 aromatic carbocycles. The van der Waals surface area contributed by atoms with Gasteiger partial charge in [0.2, 0.25) is 33.4 Å². The van der Waals surface area contributed by atoms with Crippen LogP contribution in [0.5, 0.6) is 0 Å². The Kier molecular flexibility index (Phi) is 21.9. The summed E-state index contributed by atoms with van der Waals surface area (Å²) in [4.78, 5) is 68.5. The largest absolute Gasteiger partial charge is 1.00 e. The first-order chi connectivity index (χ1) is 39.9. The Morgan fingerprint density at radius 2 is 0.793 bits per heavy atom. The zero-order valence-electron chi connectivity index (χ0n) is 53.5. The molecule has 0 atom stereocenters. The Hall–Kier alpha value is -7.82. The van der Waals surface area contributed by atoms with Crippen LogP contribution >= 0.6 is 0 Å². The lowest BCUT2D eigenvalue weighted by Crippen LogP contribution is -3.00. The second-order valence-electron chi connectivity index (χ2n) is 26.1. The maximum Gasteiger partial charge on any atom is 0.414 e. The minimum atomic E-state index is -0.729. The maximum atomic E-state index is 14.3. The van der Waals surface area contributed by atoms with Gasteiger partial charge in [-0.1, -0.05) is 68.5 Å². The van der Waals surface area contributed by atoms with Crippen molar-refractivity contribution in [1.29, 1.82) is 0 Å². The fourth-order valence-electron chi connectivity index (χ4n) is 10.5. The highest BCUT2D eigenvalue weighted by Gasteiger charge is 2.32. The molecule has 0 aliphatic heterocycles. The van der Waals surface area contributed by atoms with Crippen LogP contribution in [0.3, 0.4) is 0 Å². The predicted octanol–water partition coefficient (Wildman–Crippen LogP) is 10.5. The minimum Gasteiger partial charge on any atom is -1.00 e. The topological polar surface area (TPSA) is 169 Å². The number of rotatable bonds is 16. The van der Waals surface area contributed by atoms with Crippen molar-refractivity contribution in [2.45, 2.75) is 178 Å². The first-order valence-electron chi connectivity index (χ1n) is 29.7. The number of unbranched alkanes of at least 4 members (excludes halogenated alkanes) is 6. The van der Waals surface area contributed by atoms with Gasteiger partial charge in [-0.2, -0.15) is 0 Å². The third-order valence-corrected chi connectivity index (χ3v) is 14.1. The predicted molar refractivity (Wildman–Crippen MR) is 340 cm³/mol. The van der Waals surface area contributed by atoms with Crippen LogP contribution in [0.4, 0.5) is 41.9 Å². The molecule has 0 spiro atoms. The average molecular weight is 1230 g/mol. The van der Waals surface area contributed by atoms with E-state index in [9.17, 15) is 19.2 Å². The van der Waals surface area contributed by atoms with Gasteiger partial charge in [-0.05, 0) is 171 Å². The van der Waals surface area contributed by atoms with Gasteiger partial charge in [0.05, 0.1) is 22.7 Å². The summed E-state index contributed by atoms with van der Waals surface area (Å²) in [5.41, 5.74) is 11.1. The number of halogens is 2. The number of benzene rings is 6. The van der Waals surface area contributed by atoms with Crippen LogP contribution in [0.25, 0.3) is 55.5 Å². The van der Waals surface area contributed by atoms with Crippen molar-refractivity contribution in [2.24, 2.45) is 0 Å². The second kappa shape index (κ2) is 27.9. The first-order valence-corrected chi connectivity index (χ1v) is 29.7. The summed E-state index contributed by atoms with van der Waals surface area (Å²) in [5, 5.41) is 5.91. The Balaban J connectivity index is 0.00000605. The monoisotopic (exact) mass is 1220 g/mol. The quantitative estimate of drug-likeness (QED) is 0.0411. The van der Waals surface area contributed by atoms with Crippen molar-refractivity contribution in [3.8, 4) is 11.4 Å². The molecule has 0 radical (unpaired) electrons. The van der Waals surface area contributed by atoms with Crippen LogP contribution in [0, 0.1) is 27.7 Å².